The van der Waals surface area contributed by atoms with Crippen LogP contribution in [-0.2, 0) is 4.74 Å². The number of unbranched alkanes of at least 4 members (excludes halogenated alkanes) is 1. The zero-order chi connectivity index (χ0) is 17.9. The molecule has 0 fully saturated rings. The number of hydrogen-bond donors (Lipinski definition) is 1. The maximum absolute atomic E-state index is 11.9. The highest BCUT2D eigenvalue weighted by atomic mass is 16.5. The topological polar surface area (TPSA) is 62.1 Å². The van der Waals surface area contributed by atoms with Crippen molar-refractivity contribution >= 4 is 17.7 Å². The summed E-state index contributed by atoms with van der Waals surface area (Å²) in [5, 5.41) is 12.4. The number of anilines is 1. The van der Waals surface area contributed by atoms with E-state index in [-0.39, 0.29) is 5.97 Å². The molecule has 1 unspecified atom stereocenters. The van der Waals surface area contributed by atoms with Gasteiger partial charge in [-0.05, 0) is 42.3 Å². The molecule has 2 aromatic rings. The predicted octanol–water partition coefficient (Wildman–Crippen LogP) is 4.66. The van der Waals surface area contributed by atoms with Gasteiger partial charge in [-0.15, -0.1) is 0 Å². The minimum atomic E-state index is -0.456. The van der Waals surface area contributed by atoms with Gasteiger partial charge in [-0.3, -0.25) is 0 Å². The van der Waals surface area contributed by atoms with Crippen LogP contribution in [0.2, 0.25) is 0 Å². The zero-order valence-corrected chi connectivity index (χ0v) is 14.3. The van der Waals surface area contributed by atoms with E-state index >= 15 is 0 Å². The minimum absolute atomic E-state index is 0.319. The fraction of sp³-hybridized carbons (Fsp3) is 0.238. The summed E-state index contributed by atoms with van der Waals surface area (Å²) in [5.41, 5.74) is 2.32. The molecule has 0 aliphatic heterocycles. The van der Waals surface area contributed by atoms with E-state index in [2.05, 4.69) is 11.4 Å². The van der Waals surface area contributed by atoms with E-state index in [1.54, 1.807) is 24.3 Å². The third kappa shape index (κ3) is 6.15. The summed E-state index contributed by atoms with van der Waals surface area (Å²) < 4.78 is 5.18. The summed E-state index contributed by atoms with van der Waals surface area (Å²) in [7, 11) is 0. The van der Waals surface area contributed by atoms with Gasteiger partial charge in [0.25, 0.3) is 0 Å². The summed E-state index contributed by atoms with van der Waals surface area (Å²) in [4.78, 5) is 11.9. The van der Waals surface area contributed by atoms with Crippen LogP contribution in [0.1, 0.15) is 35.7 Å². The predicted molar refractivity (Wildman–Crippen MR) is 100 cm³/mol. The van der Waals surface area contributed by atoms with E-state index in [0.717, 1.165) is 24.1 Å². The van der Waals surface area contributed by atoms with Crippen molar-refractivity contribution in [2.45, 2.75) is 25.8 Å². The Labute approximate surface area is 148 Å². The fourth-order valence-corrected chi connectivity index (χ4v) is 2.17. The second-order valence-electron chi connectivity index (χ2n) is 5.59. The summed E-state index contributed by atoms with van der Waals surface area (Å²) >= 11 is 0. The summed E-state index contributed by atoms with van der Waals surface area (Å²) in [6.45, 7) is 2.49. The Morgan fingerprint density at radius 2 is 1.92 bits per heavy atom. The first kappa shape index (κ1) is 18.3. The highest BCUT2D eigenvalue weighted by Crippen LogP contribution is 2.13. The molecule has 0 aliphatic rings. The minimum Gasteiger partial charge on any atom is -0.462 e. The van der Waals surface area contributed by atoms with Crippen LogP contribution >= 0.6 is 0 Å². The SMILES string of the molecule is CCCCOC(=O)c1ccc(NC(C#N)C=Cc2ccccc2)cc1. The van der Waals surface area contributed by atoms with Gasteiger partial charge in [0.2, 0.25) is 0 Å². The van der Waals surface area contributed by atoms with Crippen molar-refractivity contribution in [1.82, 2.24) is 0 Å². The highest BCUT2D eigenvalue weighted by molar-refractivity contribution is 5.89. The van der Waals surface area contributed by atoms with Crippen LogP contribution in [-0.4, -0.2) is 18.6 Å². The smallest absolute Gasteiger partial charge is 0.338 e. The van der Waals surface area contributed by atoms with Gasteiger partial charge in [-0.1, -0.05) is 49.8 Å². The first-order chi connectivity index (χ1) is 12.2. The van der Waals surface area contributed by atoms with Crippen LogP contribution in [0.25, 0.3) is 6.08 Å². The Kier molecular flexibility index (Phi) is 7.27. The van der Waals surface area contributed by atoms with Gasteiger partial charge >= 0.3 is 5.97 Å². The lowest BCUT2D eigenvalue weighted by Crippen LogP contribution is -2.14. The zero-order valence-electron chi connectivity index (χ0n) is 14.3. The molecule has 0 saturated carbocycles. The molecule has 0 heterocycles. The molecule has 0 amide bonds. The number of hydrogen-bond acceptors (Lipinski definition) is 4. The molecule has 4 nitrogen and oxygen atoms in total. The van der Waals surface area contributed by atoms with Crippen molar-refractivity contribution in [2.75, 3.05) is 11.9 Å². The number of nitrogens with zero attached hydrogens (tertiary/aromatic N) is 1. The van der Waals surface area contributed by atoms with Crippen LogP contribution in [0.5, 0.6) is 0 Å². The molecule has 25 heavy (non-hydrogen) atoms. The van der Waals surface area contributed by atoms with Gasteiger partial charge in [-0.25, -0.2) is 4.79 Å². The Morgan fingerprint density at radius 3 is 2.56 bits per heavy atom. The molecule has 1 N–H and O–H groups in total. The quantitative estimate of drug-likeness (QED) is 0.563. The number of ether oxygens (including phenoxy) is 1. The number of nitrogens with one attached hydrogen (secondary N) is 1. The number of esters is 1. The molecule has 2 rings (SSSR count). The van der Waals surface area contributed by atoms with E-state index in [9.17, 15) is 10.1 Å². The van der Waals surface area contributed by atoms with E-state index in [4.69, 9.17) is 4.74 Å². The van der Waals surface area contributed by atoms with E-state index in [1.807, 2.05) is 49.4 Å². The molecule has 0 bridgehead atoms. The lowest BCUT2D eigenvalue weighted by atomic mass is 10.1. The third-order valence-electron chi connectivity index (χ3n) is 3.59. The monoisotopic (exact) mass is 334 g/mol. The molecule has 4 heteroatoms. The van der Waals surface area contributed by atoms with Gasteiger partial charge in [0, 0.05) is 5.69 Å². The van der Waals surface area contributed by atoms with Crippen molar-refractivity contribution in [1.29, 1.82) is 5.26 Å². The molecule has 0 aliphatic carbocycles. The molecular formula is C21H22N2O2. The average molecular weight is 334 g/mol. The normalized spacial score (nSPS) is 11.7. The van der Waals surface area contributed by atoms with Gasteiger partial charge in [0.1, 0.15) is 6.04 Å². The second-order valence-corrected chi connectivity index (χ2v) is 5.59. The van der Waals surface area contributed by atoms with E-state index in [1.165, 1.54) is 0 Å². The fourth-order valence-electron chi connectivity index (χ4n) is 2.17. The lowest BCUT2D eigenvalue weighted by molar-refractivity contribution is 0.0500. The molecule has 0 spiro atoms. The van der Waals surface area contributed by atoms with Gasteiger partial charge < -0.3 is 10.1 Å². The van der Waals surface area contributed by atoms with Crippen molar-refractivity contribution in [3.63, 3.8) is 0 Å². The van der Waals surface area contributed by atoms with Crippen LogP contribution < -0.4 is 5.32 Å². The van der Waals surface area contributed by atoms with Gasteiger partial charge in [0.05, 0.1) is 18.2 Å². The summed E-state index contributed by atoms with van der Waals surface area (Å²) in [6, 6.07) is 18.5. The number of benzene rings is 2. The molecule has 0 saturated heterocycles. The van der Waals surface area contributed by atoms with Crippen LogP contribution in [0, 0.1) is 11.3 Å². The Balaban J connectivity index is 1.93. The summed E-state index contributed by atoms with van der Waals surface area (Å²) in [5.74, 6) is -0.319. The van der Waals surface area contributed by atoms with E-state index in [0.29, 0.717) is 12.2 Å². The Hall–Kier alpha value is -3.06. The number of nitriles is 1. The van der Waals surface area contributed by atoms with E-state index < -0.39 is 6.04 Å². The van der Waals surface area contributed by atoms with Crippen LogP contribution in [0.3, 0.4) is 0 Å². The van der Waals surface area contributed by atoms with Crippen molar-refractivity contribution in [3.05, 3.63) is 71.8 Å². The van der Waals surface area contributed by atoms with Crippen molar-refractivity contribution in [3.8, 4) is 6.07 Å². The lowest BCUT2D eigenvalue weighted by Gasteiger charge is -2.10. The second kappa shape index (κ2) is 9.94. The third-order valence-corrected chi connectivity index (χ3v) is 3.59. The Bertz CT molecular complexity index is 731. The van der Waals surface area contributed by atoms with Crippen LogP contribution in [0.4, 0.5) is 5.69 Å². The molecule has 1 atom stereocenters. The summed E-state index contributed by atoms with van der Waals surface area (Å²) in [6.07, 6.45) is 5.56. The number of carbonyl (C=O) groups excluding carboxylic acids is 1. The molecule has 0 aromatic heterocycles. The van der Waals surface area contributed by atoms with Crippen LogP contribution in [0.15, 0.2) is 60.7 Å². The molecule has 0 radical (unpaired) electrons. The highest BCUT2D eigenvalue weighted by Gasteiger charge is 2.08. The van der Waals surface area contributed by atoms with Crippen molar-refractivity contribution < 1.29 is 9.53 Å². The first-order valence-corrected chi connectivity index (χ1v) is 8.39. The molecular weight excluding hydrogens is 312 g/mol. The maximum atomic E-state index is 11.9. The average Bonchev–Trinajstić information content (AvgIpc) is 2.66. The molecule has 128 valence electrons. The largest absolute Gasteiger partial charge is 0.462 e. The molecule has 2 aromatic carbocycles. The van der Waals surface area contributed by atoms with Gasteiger partial charge in [-0.2, -0.15) is 5.26 Å². The Morgan fingerprint density at radius 1 is 1.20 bits per heavy atom. The maximum Gasteiger partial charge on any atom is 0.338 e. The van der Waals surface area contributed by atoms with Gasteiger partial charge in [0.15, 0.2) is 0 Å². The number of carbonyl (C=O) groups is 1. The first-order valence-electron chi connectivity index (χ1n) is 8.39. The standard InChI is InChI=1S/C21H22N2O2/c1-2-3-15-25-21(24)18-10-13-19(14-11-18)23-20(16-22)12-9-17-7-5-4-6-8-17/h4-14,20,23H,2-3,15H2,1H3. The number of rotatable bonds is 8. The van der Waals surface area contributed by atoms with Crippen molar-refractivity contribution in [2.24, 2.45) is 0 Å².